The van der Waals surface area contributed by atoms with Crippen molar-refractivity contribution in [1.82, 2.24) is 28.7 Å². The predicted octanol–water partition coefficient (Wildman–Crippen LogP) is 12.5. The number of allylic oxidation sites excluding steroid dienone is 1. The average Bonchev–Trinajstić information content (AvgIpc) is 1.56. The highest BCUT2D eigenvalue weighted by atomic mass is 16.6. The number of rotatable bonds is 26. The number of hydrogen-bond acceptors (Lipinski definition) is 23. The number of ketones is 4. The van der Waals surface area contributed by atoms with Crippen LogP contribution in [-0.2, 0) is 128 Å². The second-order valence-corrected chi connectivity index (χ2v) is 31.4. The molecule has 0 fully saturated rings. The van der Waals surface area contributed by atoms with Gasteiger partial charge in [-0.1, -0.05) is 67.7 Å². The number of pyridine rings is 6. The third-order valence-electron chi connectivity index (χ3n) is 24.0. The lowest BCUT2D eigenvalue weighted by Gasteiger charge is -2.32. The highest BCUT2D eigenvalue weighted by Gasteiger charge is 2.47. The lowest BCUT2D eigenvalue weighted by molar-refractivity contribution is -0.141. The number of aryl methyl sites for hydroxylation is 3. The van der Waals surface area contributed by atoms with Crippen LogP contribution < -0.4 is 30.9 Å². The van der Waals surface area contributed by atoms with Crippen molar-refractivity contribution >= 4 is 85.7 Å². The predicted molar refractivity (Wildman–Crippen MR) is 448 cm³/mol. The zero-order chi connectivity index (χ0) is 86.1. The molecule has 624 valence electrons. The molecular weight excluding hydrogens is 1530 g/mol. The Morgan fingerprint density at radius 2 is 0.750 bits per heavy atom. The van der Waals surface area contributed by atoms with Crippen LogP contribution in [0.5, 0.6) is 17.2 Å². The molecule has 0 saturated carbocycles. The normalized spacial score (nSPS) is 17.3. The highest BCUT2D eigenvalue weighted by molar-refractivity contribution is 5.97. The van der Waals surface area contributed by atoms with Gasteiger partial charge in [0, 0.05) is 123 Å². The Hall–Kier alpha value is -12.1. The fourth-order valence-corrected chi connectivity index (χ4v) is 17.4. The molecule has 120 heavy (non-hydrogen) atoms. The first-order valence-electron chi connectivity index (χ1n) is 41.3. The van der Waals surface area contributed by atoms with E-state index in [9.17, 15) is 72.9 Å². The van der Waals surface area contributed by atoms with Gasteiger partial charge in [-0.2, -0.15) is 0 Å². The first kappa shape index (κ1) is 85.7. The molecule has 3 aliphatic carbocycles. The topological polar surface area (TPSA) is 365 Å². The van der Waals surface area contributed by atoms with Gasteiger partial charge in [0.25, 0.3) is 16.7 Å². The zero-order valence-electron chi connectivity index (χ0n) is 69.0. The van der Waals surface area contributed by atoms with Crippen molar-refractivity contribution in [3.63, 3.8) is 0 Å². The summed E-state index contributed by atoms with van der Waals surface area (Å²) in [7, 11) is 0. The van der Waals surface area contributed by atoms with Crippen LogP contribution in [0.3, 0.4) is 0 Å². The van der Waals surface area contributed by atoms with E-state index in [1.54, 1.807) is 109 Å². The molecule has 0 amide bonds. The molecule has 3 aromatic carbocycles. The highest BCUT2D eigenvalue weighted by Crippen LogP contribution is 2.46. The van der Waals surface area contributed by atoms with Crippen molar-refractivity contribution in [2.75, 3.05) is 13.2 Å². The minimum Gasteiger partial charge on any atom is -0.463 e. The van der Waals surface area contributed by atoms with Crippen LogP contribution in [0.25, 0.3) is 66.9 Å². The molecule has 0 bridgehead atoms. The monoisotopic (exact) mass is 1630 g/mol. The summed E-state index contributed by atoms with van der Waals surface area (Å²) in [5, 5.41) is 36.1. The van der Waals surface area contributed by atoms with Gasteiger partial charge in [-0.3, -0.25) is 47.9 Å². The maximum Gasteiger partial charge on any atom is 0.333 e. The Morgan fingerprint density at radius 1 is 0.425 bits per heavy atom. The molecule has 15 rings (SSSR count). The van der Waals surface area contributed by atoms with E-state index in [2.05, 4.69) is 19.7 Å². The lowest BCUT2D eigenvalue weighted by Crippen LogP contribution is -2.43. The van der Waals surface area contributed by atoms with Gasteiger partial charge in [0.05, 0.1) is 83.6 Å². The average molecular weight is 1630 g/mol. The largest absolute Gasteiger partial charge is 0.463 e. The number of nitrogens with zero attached hydrogens (tertiary/aromatic N) is 6. The molecule has 0 unspecified atom stereocenters. The van der Waals surface area contributed by atoms with Crippen LogP contribution in [0, 0.1) is 0 Å². The SMILES string of the molecule is C=C(C)C(=O)CCCCCC(=O)Oc1ccc2nc3c(c(CC)c2c1)Cn1c-3cc2c(c1=O)CCC(=O)[C@]2(O)CC.C=C(C)C(=O)OCCCC(=O)Oc1ccc2nc3c(c(CC)c2c1)Cn1c-3cc2c(c1=O)CCC(=O)[C@]2(O)CC.C=CC(=O)OCCCC(=O)Oc1ccc2nc3c(c(CC)c2c1)Cn1c-3cc2c(c1=O)CCC(=O)[C@]2(O)CC. The van der Waals surface area contributed by atoms with Gasteiger partial charge in [-0.15, -0.1) is 0 Å². The van der Waals surface area contributed by atoms with Crippen LogP contribution in [0.2, 0.25) is 0 Å². The maximum atomic E-state index is 13.6. The number of hydrogen-bond donors (Lipinski definition) is 3. The fourth-order valence-electron chi connectivity index (χ4n) is 17.4. The van der Waals surface area contributed by atoms with Crippen molar-refractivity contribution < 1.29 is 82.2 Å². The van der Waals surface area contributed by atoms with E-state index >= 15 is 0 Å². The first-order valence-corrected chi connectivity index (χ1v) is 41.3. The summed E-state index contributed by atoms with van der Waals surface area (Å²) >= 11 is 0. The van der Waals surface area contributed by atoms with Crippen LogP contribution >= 0.6 is 0 Å². The maximum absolute atomic E-state index is 13.6. The van der Waals surface area contributed by atoms with Crippen LogP contribution in [-0.4, -0.2) is 110 Å². The van der Waals surface area contributed by atoms with E-state index in [-0.39, 0.29) is 117 Å². The van der Waals surface area contributed by atoms with Crippen molar-refractivity contribution in [3.05, 3.63) is 208 Å². The Bertz CT molecular complexity index is 6080. The van der Waals surface area contributed by atoms with Gasteiger partial charge in [0.15, 0.2) is 23.1 Å². The Kier molecular flexibility index (Phi) is 25.0. The summed E-state index contributed by atoms with van der Waals surface area (Å²) in [6.45, 7) is 26.3. The molecule has 3 N–H and O–H groups in total. The Balaban J connectivity index is 0.000000156. The second kappa shape index (κ2) is 35.0. The second-order valence-electron chi connectivity index (χ2n) is 31.4. The Labute approximate surface area is 691 Å². The number of aromatic nitrogens is 6. The summed E-state index contributed by atoms with van der Waals surface area (Å²) in [5.41, 5.74) is 9.62. The summed E-state index contributed by atoms with van der Waals surface area (Å²) in [6.07, 6.45) is 8.70. The molecule has 6 aromatic heterocycles. The standard InChI is InChI=1S/C33H36N2O6.C31H32N2O7.C30H30N2O7/c1-5-21-23-16-20(41-30(38)11-9-7-8-10-28(36)19(3)4)12-14-26(23)34-31-24(21)18-35-27(31)17-25-22(32(35)39)13-15-29(37)33(25,40)6-2;1-5-19-21-14-18(40-27(35)8-7-13-39-30(37)17(3)4)9-11-24(21)32-28-22(19)16-33-25(28)15-23-20(29(33)36)10-12-26(34)31(23,38)6-2;1-4-18-20-14-17(39-27(35)8-7-13-38-26(34)5-2)9-11-23(20)31-28-21(18)16-32-24(28)15-22-19(29(32)36)10-12-25(33)30(22,37)6-3/h12,14,16-17,40H,3,5-11,13,15,18H2,1-2,4H3;9,11,14-15,38H,3,5-8,10,12-13,16H2,1-2,4H3;5,9,11,14-15,37H,2,4,6-8,10,12-13,16H2,1,3H3/t33-;31-;30-/m000/s1. The number of carbonyl (C=O) groups is 9. The first-order chi connectivity index (χ1) is 57.4. The van der Waals surface area contributed by atoms with E-state index in [1.165, 1.54) is 0 Å². The van der Waals surface area contributed by atoms with Gasteiger partial charge in [0.2, 0.25) is 0 Å². The summed E-state index contributed by atoms with van der Waals surface area (Å²) in [6, 6.07) is 21.1. The number of carbonyl (C=O) groups excluding carboxylic acids is 9. The van der Waals surface area contributed by atoms with Crippen molar-refractivity contribution in [2.45, 2.75) is 227 Å². The molecule has 0 spiro atoms. The molecule has 26 heteroatoms. The molecule has 3 aliphatic heterocycles. The minimum absolute atomic E-state index is 0.0562. The van der Waals surface area contributed by atoms with Crippen molar-refractivity contribution in [3.8, 4) is 51.4 Å². The Morgan fingerprint density at radius 3 is 1.06 bits per heavy atom. The van der Waals surface area contributed by atoms with Gasteiger partial charge >= 0.3 is 29.8 Å². The number of aliphatic hydroxyl groups is 3. The number of unbranched alkanes of at least 4 members (excludes halogenated alkanes) is 2. The third kappa shape index (κ3) is 16.1. The van der Waals surface area contributed by atoms with Gasteiger partial charge in [-0.25, -0.2) is 24.5 Å². The van der Waals surface area contributed by atoms with E-state index in [0.29, 0.717) is 203 Å². The van der Waals surface area contributed by atoms with Gasteiger partial charge < -0.3 is 52.7 Å². The minimum atomic E-state index is -1.67. The lowest BCUT2D eigenvalue weighted by atomic mass is 9.77. The third-order valence-corrected chi connectivity index (χ3v) is 24.0. The van der Waals surface area contributed by atoms with Gasteiger partial charge in [0.1, 0.15) is 34.1 Å². The van der Waals surface area contributed by atoms with Crippen LogP contribution in [0.1, 0.15) is 218 Å². The van der Waals surface area contributed by atoms with E-state index in [4.69, 9.17) is 38.6 Å². The fraction of sp³-hybridized carbons (Fsp3) is 0.394. The van der Waals surface area contributed by atoms with E-state index in [1.807, 2.05) is 32.9 Å². The zero-order valence-corrected chi connectivity index (χ0v) is 69.0. The number of Topliss-reactive ketones (excluding diaryl/α,β-unsaturated/α-hetero) is 4. The summed E-state index contributed by atoms with van der Waals surface area (Å²) in [4.78, 5) is 165. The molecular formula is C94H98N6O20. The van der Waals surface area contributed by atoms with Gasteiger partial charge in [-0.05, 0) is 192 Å². The van der Waals surface area contributed by atoms with Crippen LogP contribution in [0.4, 0.5) is 0 Å². The summed E-state index contributed by atoms with van der Waals surface area (Å²) < 4.78 is 31.7. The molecule has 9 heterocycles. The van der Waals surface area contributed by atoms with E-state index < -0.39 is 40.7 Å². The molecule has 6 aliphatic rings. The number of esters is 5. The number of benzene rings is 3. The molecule has 26 nitrogen and oxygen atoms in total. The molecule has 3 atom stereocenters. The molecule has 0 saturated heterocycles. The quantitative estimate of drug-likeness (QED) is 0.0196. The number of ether oxygens (including phenoxy) is 5. The molecule has 9 aromatic rings. The van der Waals surface area contributed by atoms with Crippen molar-refractivity contribution in [1.29, 1.82) is 0 Å². The number of fused-ring (bicyclic) bond motifs is 15. The van der Waals surface area contributed by atoms with Crippen molar-refractivity contribution in [2.24, 2.45) is 0 Å². The van der Waals surface area contributed by atoms with Crippen LogP contribution in [0.15, 0.2) is 124 Å². The van der Waals surface area contributed by atoms with E-state index in [0.717, 1.165) is 62.0 Å². The summed E-state index contributed by atoms with van der Waals surface area (Å²) in [5.74, 6) is -1.78. The molecule has 0 radical (unpaired) electrons. The smallest absolute Gasteiger partial charge is 0.333 e.